The molecule has 2 aromatic heterocycles. The van der Waals surface area contributed by atoms with Gasteiger partial charge in [-0.05, 0) is 32.0 Å². The van der Waals surface area contributed by atoms with Crippen molar-refractivity contribution in [3.8, 4) is 5.13 Å². The summed E-state index contributed by atoms with van der Waals surface area (Å²) in [6.07, 6.45) is 5.19. The van der Waals surface area contributed by atoms with Crippen LogP contribution >= 0.6 is 11.3 Å². The van der Waals surface area contributed by atoms with Crippen molar-refractivity contribution in [1.29, 1.82) is 0 Å². The molecule has 2 heterocycles. The zero-order chi connectivity index (χ0) is 11.4. The SMILES string of the molecule is CCCNC(C)c1csc(-n2cccc2)n1. The van der Waals surface area contributed by atoms with Gasteiger partial charge in [-0.2, -0.15) is 0 Å². The minimum absolute atomic E-state index is 0.334. The van der Waals surface area contributed by atoms with E-state index in [-0.39, 0.29) is 0 Å². The Hall–Kier alpha value is -1.13. The first-order valence-corrected chi connectivity index (χ1v) is 6.51. The highest BCUT2D eigenvalue weighted by atomic mass is 32.1. The minimum Gasteiger partial charge on any atom is -0.309 e. The van der Waals surface area contributed by atoms with Crippen LogP contribution in [0.4, 0.5) is 0 Å². The highest BCUT2D eigenvalue weighted by Crippen LogP contribution is 2.19. The number of nitrogens with one attached hydrogen (secondary N) is 1. The zero-order valence-electron chi connectivity index (χ0n) is 9.68. The summed E-state index contributed by atoms with van der Waals surface area (Å²) in [6, 6.07) is 4.36. The van der Waals surface area contributed by atoms with Crippen molar-refractivity contribution in [3.63, 3.8) is 0 Å². The summed E-state index contributed by atoms with van der Waals surface area (Å²) in [7, 11) is 0. The lowest BCUT2D eigenvalue weighted by atomic mass is 10.2. The van der Waals surface area contributed by atoms with E-state index in [2.05, 4.69) is 29.5 Å². The van der Waals surface area contributed by atoms with Crippen LogP contribution in [0.1, 0.15) is 32.0 Å². The quantitative estimate of drug-likeness (QED) is 0.863. The predicted octanol–water partition coefficient (Wildman–Crippen LogP) is 2.99. The van der Waals surface area contributed by atoms with Gasteiger partial charge < -0.3 is 9.88 Å². The molecule has 1 N–H and O–H groups in total. The molecule has 0 saturated carbocycles. The minimum atomic E-state index is 0.334. The van der Waals surface area contributed by atoms with Gasteiger partial charge in [-0.15, -0.1) is 11.3 Å². The Balaban J connectivity index is 2.07. The largest absolute Gasteiger partial charge is 0.309 e. The van der Waals surface area contributed by atoms with Gasteiger partial charge in [0.2, 0.25) is 0 Å². The van der Waals surface area contributed by atoms with Gasteiger partial charge in [-0.3, -0.25) is 0 Å². The highest BCUT2D eigenvalue weighted by Gasteiger charge is 2.09. The van der Waals surface area contributed by atoms with Gasteiger partial charge in [-0.25, -0.2) is 4.98 Å². The standard InChI is InChI=1S/C12H17N3S/c1-3-6-13-10(2)11-9-16-12(14-11)15-7-4-5-8-15/h4-5,7-10,13H,3,6H2,1-2H3. The topological polar surface area (TPSA) is 29.9 Å². The summed E-state index contributed by atoms with van der Waals surface area (Å²) in [5, 5.41) is 6.60. The summed E-state index contributed by atoms with van der Waals surface area (Å²) >= 11 is 1.68. The lowest BCUT2D eigenvalue weighted by Gasteiger charge is -2.09. The third-order valence-electron chi connectivity index (χ3n) is 2.48. The van der Waals surface area contributed by atoms with E-state index >= 15 is 0 Å². The Kier molecular flexibility index (Phi) is 3.74. The third kappa shape index (κ3) is 2.51. The van der Waals surface area contributed by atoms with E-state index in [1.165, 1.54) is 0 Å². The molecule has 0 fully saturated rings. The van der Waals surface area contributed by atoms with Crippen LogP contribution in [0.25, 0.3) is 5.13 Å². The summed E-state index contributed by atoms with van der Waals surface area (Å²) in [6.45, 7) is 5.37. The molecule has 0 radical (unpaired) electrons. The summed E-state index contributed by atoms with van der Waals surface area (Å²) in [5.74, 6) is 0. The van der Waals surface area contributed by atoms with Crippen LogP contribution in [-0.4, -0.2) is 16.1 Å². The fraction of sp³-hybridized carbons (Fsp3) is 0.417. The van der Waals surface area contributed by atoms with E-state index in [1.807, 2.05) is 29.1 Å². The summed E-state index contributed by atoms with van der Waals surface area (Å²) in [4.78, 5) is 4.62. The first-order valence-electron chi connectivity index (χ1n) is 5.63. The number of aromatic nitrogens is 2. The van der Waals surface area contributed by atoms with Crippen molar-refractivity contribution in [2.45, 2.75) is 26.3 Å². The van der Waals surface area contributed by atoms with Gasteiger partial charge in [0, 0.05) is 23.8 Å². The zero-order valence-corrected chi connectivity index (χ0v) is 10.5. The molecule has 4 heteroatoms. The molecule has 0 aliphatic heterocycles. The average Bonchev–Trinajstić information content (AvgIpc) is 2.94. The second kappa shape index (κ2) is 5.27. The van der Waals surface area contributed by atoms with Crippen molar-refractivity contribution in [2.75, 3.05) is 6.54 Å². The summed E-state index contributed by atoms with van der Waals surface area (Å²) in [5.41, 5.74) is 1.13. The lowest BCUT2D eigenvalue weighted by molar-refractivity contribution is 0.560. The maximum Gasteiger partial charge on any atom is 0.193 e. The van der Waals surface area contributed by atoms with Gasteiger partial charge in [0.15, 0.2) is 5.13 Å². The molecule has 1 unspecified atom stereocenters. The molecular formula is C12H17N3S. The van der Waals surface area contributed by atoms with Gasteiger partial charge in [0.1, 0.15) is 0 Å². The first-order chi connectivity index (χ1) is 7.81. The lowest BCUT2D eigenvalue weighted by Crippen LogP contribution is -2.19. The van der Waals surface area contributed by atoms with Crippen LogP contribution in [0, 0.1) is 0 Å². The van der Waals surface area contributed by atoms with Crippen molar-refractivity contribution < 1.29 is 0 Å². The molecule has 3 nitrogen and oxygen atoms in total. The van der Waals surface area contributed by atoms with Gasteiger partial charge >= 0.3 is 0 Å². The van der Waals surface area contributed by atoms with Crippen molar-refractivity contribution in [2.24, 2.45) is 0 Å². The second-order valence-electron chi connectivity index (χ2n) is 3.82. The van der Waals surface area contributed by atoms with Crippen LogP contribution in [0.2, 0.25) is 0 Å². The smallest absolute Gasteiger partial charge is 0.193 e. The van der Waals surface area contributed by atoms with Crippen LogP contribution < -0.4 is 5.32 Å². The predicted molar refractivity (Wildman–Crippen MR) is 68.1 cm³/mol. The van der Waals surface area contributed by atoms with Crippen LogP contribution in [0.15, 0.2) is 29.9 Å². The fourth-order valence-electron chi connectivity index (χ4n) is 1.52. The normalized spacial score (nSPS) is 12.9. The molecule has 16 heavy (non-hydrogen) atoms. The molecule has 0 aliphatic rings. The average molecular weight is 235 g/mol. The molecular weight excluding hydrogens is 218 g/mol. The Morgan fingerprint density at radius 3 is 2.88 bits per heavy atom. The number of thiazole rings is 1. The number of rotatable bonds is 5. The second-order valence-corrected chi connectivity index (χ2v) is 4.66. The van der Waals surface area contributed by atoms with Crippen LogP contribution in [0.5, 0.6) is 0 Å². The van der Waals surface area contributed by atoms with E-state index in [4.69, 9.17) is 0 Å². The molecule has 0 spiro atoms. The first kappa shape index (κ1) is 11.4. The third-order valence-corrected chi connectivity index (χ3v) is 3.35. The van der Waals surface area contributed by atoms with E-state index < -0.39 is 0 Å². The molecule has 0 bridgehead atoms. The highest BCUT2D eigenvalue weighted by molar-refractivity contribution is 7.12. The molecule has 0 aliphatic carbocycles. The number of hydrogen-bond acceptors (Lipinski definition) is 3. The van der Waals surface area contributed by atoms with E-state index in [9.17, 15) is 0 Å². The summed E-state index contributed by atoms with van der Waals surface area (Å²) < 4.78 is 2.04. The molecule has 2 rings (SSSR count). The maximum absolute atomic E-state index is 4.62. The Labute approximate surface area is 100 Å². The Morgan fingerprint density at radius 1 is 1.44 bits per heavy atom. The van der Waals surface area contributed by atoms with E-state index in [0.29, 0.717) is 6.04 Å². The molecule has 86 valence electrons. The molecule has 0 aromatic carbocycles. The van der Waals surface area contributed by atoms with Crippen molar-refractivity contribution >= 4 is 11.3 Å². The molecule has 0 amide bonds. The number of hydrogen-bond donors (Lipinski definition) is 1. The van der Waals surface area contributed by atoms with Gasteiger partial charge in [0.25, 0.3) is 0 Å². The van der Waals surface area contributed by atoms with E-state index in [1.54, 1.807) is 11.3 Å². The van der Waals surface area contributed by atoms with Crippen molar-refractivity contribution in [3.05, 3.63) is 35.6 Å². The monoisotopic (exact) mass is 235 g/mol. The number of nitrogens with zero attached hydrogens (tertiary/aromatic N) is 2. The van der Waals surface area contributed by atoms with Gasteiger partial charge in [0.05, 0.1) is 5.69 Å². The molecule has 0 saturated heterocycles. The van der Waals surface area contributed by atoms with E-state index in [0.717, 1.165) is 23.8 Å². The molecule has 1 atom stereocenters. The van der Waals surface area contributed by atoms with Crippen molar-refractivity contribution in [1.82, 2.24) is 14.9 Å². The van der Waals surface area contributed by atoms with Gasteiger partial charge in [-0.1, -0.05) is 6.92 Å². The Morgan fingerprint density at radius 2 is 2.19 bits per heavy atom. The molecule has 2 aromatic rings. The van der Waals surface area contributed by atoms with Crippen LogP contribution in [-0.2, 0) is 0 Å². The maximum atomic E-state index is 4.62. The fourth-order valence-corrected chi connectivity index (χ4v) is 2.41. The van der Waals surface area contributed by atoms with Crippen LogP contribution in [0.3, 0.4) is 0 Å². The Bertz CT molecular complexity index is 419.